The highest BCUT2D eigenvalue weighted by atomic mass is 16.5. The number of nitrogens with two attached hydrogens (primary N) is 1. The molecule has 0 radical (unpaired) electrons. The number of benzene rings is 1. The van der Waals surface area contributed by atoms with Crippen molar-refractivity contribution in [2.24, 2.45) is 0 Å². The van der Waals surface area contributed by atoms with Crippen molar-refractivity contribution < 1.29 is 4.52 Å². The highest BCUT2D eigenvalue weighted by molar-refractivity contribution is 5.64. The molecule has 0 saturated carbocycles. The third-order valence-corrected chi connectivity index (χ3v) is 2.21. The van der Waals surface area contributed by atoms with Gasteiger partial charge in [-0.25, -0.2) is 0 Å². The molecule has 0 aliphatic rings. The zero-order valence-electron chi connectivity index (χ0n) is 8.77. The number of aromatic nitrogens is 1. The maximum Gasteiger partial charge on any atom is 0.222 e. The Morgan fingerprint density at radius 3 is 2.33 bits per heavy atom. The topological polar surface area (TPSA) is 55.3 Å². The second kappa shape index (κ2) is 3.65. The largest absolute Gasteiger partial charge is 0.378 e. The molecule has 78 valence electrons. The van der Waals surface area contributed by atoms with Crippen molar-refractivity contribution >= 4 is 11.6 Å². The Morgan fingerprint density at radius 2 is 1.87 bits per heavy atom. The van der Waals surface area contributed by atoms with Gasteiger partial charge >= 0.3 is 0 Å². The normalized spacial score (nSPS) is 10.3. The second-order valence-electron chi connectivity index (χ2n) is 3.56. The summed E-state index contributed by atoms with van der Waals surface area (Å²) in [5.41, 5.74) is 8.37. The van der Waals surface area contributed by atoms with Crippen LogP contribution in [0.3, 0.4) is 0 Å². The molecule has 2 aromatic rings. The molecule has 0 aliphatic carbocycles. The minimum atomic E-state index is 0.335. The minimum Gasteiger partial charge on any atom is -0.378 e. The Balaban J connectivity index is 2.31. The Bertz CT molecular complexity index is 445. The maximum atomic E-state index is 5.46. The molecule has 2 rings (SSSR count). The fourth-order valence-corrected chi connectivity index (χ4v) is 1.36. The first kappa shape index (κ1) is 9.58. The first-order chi connectivity index (χ1) is 7.16. The van der Waals surface area contributed by atoms with Crippen LogP contribution in [-0.2, 0) is 0 Å². The third-order valence-electron chi connectivity index (χ3n) is 2.21. The van der Waals surface area contributed by atoms with Gasteiger partial charge < -0.3 is 15.2 Å². The molecule has 0 atom stereocenters. The van der Waals surface area contributed by atoms with E-state index >= 15 is 0 Å². The van der Waals surface area contributed by atoms with Gasteiger partial charge in [0.2, 0.25) is 5.88 Å². The van der Waals surface area contributed by atoms with Crippen LogP contribution in [-0.4, -0.2) is 19.3 Å². The first-order valence-electron chi connectivity index (χ1n) is 4.67. The number of rotatable bonds is 2. The van der Waals surface area contributed by atoms with Crippen LogP contribution in [0.25, 0.3) is 11.3 Å². The Kier molecular flexibility index (Phi) is 2.33. The van der Waals surface area contributed by atoms with E-state index in [-0.39, 0.29) is 0 Å². The SMILES string of the molecule is CN(C)c1ccc(-c2cc(N)on2)cc1. The van der Waals surface area contributed by atoms with E-state index in [2.05, 4.69) is 5.16 Å². The van der Waals surface area contributed by atoms with Crippen molar-refractivity contribution in [3.63, 3.8) is 0 Å². The summed E-state index contributed by atoms with van der Waals surface area (Å²) in [6.07, 6.45) is 0. The second-order valence-corrected chi connectivity index (χ2v) is 3.56. The van der Waals surface area contributed by atoms with Crippen LogP contribution in [0.2, 0.25) is 0 Å². The van der Waals surface area contributed by atoms with Crippen LogP contribution in [0.15, 0.2) is 34.9 Å². The van der Waals surface area contributed by atoms with E-state index in [0.717, 1.165) is 16.9 Å². The van der Waals surface area contributed by atoms with Gasteiger partial charge in [-0.2, -0.15) is 0 Å². The summed E-state index contributed by atoms with van der Waals surface area (Å²) in [6.45, 7) is 0. The minimum absolute atomic E-state index is 0.335. The van der Waals surface area contributed by atoms with Gasteiger partial charge in [-0.1, -0.05) is 17.3 Å². The molecule has 0 amide bonds. The van der Waals surface area contributed by atoms with Crippen molar-refractivity contribution in [2.75, 3.05) is 24.7 Å². The molecule has 2 N–H and O–H groups in total. The zero-order valence-corrected chi connectivity index (χ0v) is 8.77. The Labute approximate surface area is 88.3 Å². The molecule has 1 aromatic heterocycles. The maximum absolute atomic E-state index is 5.46. The van der Waals surface area contributed by atoms with Crippen molar-refractivity contribution in [1.29, 1.82) is 0 Å². The molecular formula is C11H13N3O. The van der Waals surface area contributed by atoms with Gasteiger partial charge in [0.25, 0.3) is 0 Å². The van der Waals surface area contributed by atoms with Crippen LogP contribution in [0, 0.1) is 0 Å². The summed E-state index contributed by atoms with van der Waals surface area (Å²) in [6, 6.07) is 9.75. The molecule has 0 unspecified atom stereocenters. The smallest absolute Gasteiger partial charge is 0.222 e. The Morgan fingerprint density at radius 1 is 1.20 bits per heavy atom. The van der Waals surface area contributed by atoms with Crippen molar-refractivity contribution in [2.45, 2.75) is 0 Å². The summed E-state index contributed by atoms with van der Waals surface area (Å²) in [5, 5.41) is 3.85. The van der Waals surface area contributed by atoms with Crippen molar-refractivity contribution in [3.8, 4) is 11.3 Å². The fourth-order valence-electron chi connectivity index (χ4n) is 1.36. The molecular weight excluding hydrogens is 190 g/mol. The molecule has 4 heteroatoms. The lowest BCUT2D eigenvalue weighted by Gasteiger charge is -2.11. The van der Waals surface area contributed by atoms with E-state index in [0.29, 0.717) is 5.88 Å². The first-order valence-corrected chi connectivity index (χ1v) is 4.67. The molecule has 0 fully saturated rings. The summed E-state index contributed by atoms with van der Waals surface area (Å²) < 4.78 is 4.81. The fraction of sp³-hybridized carbons (Fsp3) is 0.182. The van der Waals surface area contributed by atoms with E-state index in [4.69, 9.17) is 10.3 Å². The van der Waals surface area contributed by atoms with Gasteiger partial charge in [0.05, 0.1) is 0 Å². The van der Waals surface area contributed by atoms with Crippen molar-refractivity contribution in [1.82, 2.24) is 5.16 Å². The predicted molar refractivity (Wildman–Crippen MR) is 60.7 cm³/mol. The summed E-state index contributed by atoms with van der Waals surface area (Å²) in [7, 11) is 4.01. The van der Waals surface area contributed by atoms with Crippen molar-refractivity contribution in [3.05, 3.63) is 30.3 Å². The highest BCUT2D eigenvalue weighted by Gasteiger charge is 2.04. The van der Waals surface area contributed by atoms with E-state index in [1.165, 1.54) is 0 Å². The average molecular weight is 203 g/mol. The molecule has 4 nitrogen and oxygen atoms in total. The van der Waals surface area contributed by atoms with Crippen LogP contribution in [0.4, 0.5) is 11.6 Å². The van der Waals surface area contributed by atoms with Crippen LogP contribution < -0.4 is 10.6 Å². The predicted octanol–water partition coefficient (Wildman–Crippen LogP) is 1.99. The standard InChI is InChI=1S/C11H13N3O/c1-14(2)9-5-3-8(4-6-9)10-7-11(12)15-13-10/h3-7H,12H2,1-2H3. The molecule has 15 heavy (non-hydrogen) atoms. The van der Waals surface area contributed by atoms with Gasteiger partial charge in [0, 0.05) is 31.4 Å². The van der Waals surface area contributed by atoms with Crippen LogP contribution in [0.5, 0.6) is 0 Å². The third kappa shape index (κ3) is 1.93. The molecule has 1 heterocycles. The Hall–Kier alpha value is -1.97. The lowest BCUT2D eigenvalue weighted by molar-refractivity contribution is 0.439. The van der Waals surface area contributed by atoms with Gasteiger partial charge in [0.15, 0.2) is 0 Å². The highest BCUT2D eigenvalue weighted by Crippen LogP contribution is 2.22. The van der Waals surface area contributed by atoms with E-state index in [1.807, 2.05) is 43.3 Å². The molecule has 0 spiro atoms. The molecule has 0 bridgehead atoms. The van der Waals surface area contributed by atoms with Crippen LogP contribution >= 0.6 is 0 Å². The van der Waals surface area contributed by atoms with Gasteiger partial charge in [-0.15, -0.1) is 0 Å². The summed E-state index contributed by atoms with van der Waals surface area (Å²) in [4.78, 5) is 2.04. The van der Waals surface area contributed by atoms with E-state index < -0.39 is 0 Å². The quantitative estimate of drug-likeness (QED) is 0.811. The summed E-state index contributed by atoms with van der Waals surface area (Å²) >= 11 is 0. The lowest BCUT2D eigenvalue weighted by atomic mass is 10.1. The zero-order chi connectivity index (χ0) is 10.8. The van der Waals surface area contributed by atoms with Gasteiger partial charge in [-0.3, -0.25) is 0 Å². The van der Waals surface area contributed by atoms with Crippen LogP contribution in [0.1, 0.15) is 0 Å². The number of nitrogens with zero attached hydrogens (tertiary/aromatic N) is 2. The molecule has 0 saturated heterocycles. The van der Waals surface area contributed by atoms with E-state index in [9.17, 15) is 0 Å². The lowest BCUT2D eigenvalue weighted by Crippen LogP contribution is -2.07. The molecule has 1 aromatic carbocycles. The number of nitrogen functional groups attached to an aromatic ring is 1. The number of anilines is 2. The number of hydrogen-bond donors (Lipinski definition) is 1. The monoisotopic (exact) mass is 203 g/mol. The molecule has 0 aliphatic heterocycles. The number of hydrogen-bond acceptors (Lipinski definition) is 4. The summed E-state index contributed by atoms with van der Waals surface area (Å²) in [5.74, 6) is 0.335. The van der Waals surface area contributed by atoms with E-state index in [1.54, 1.807) is 6.07 Å². The van der Waals surface area contributed by atoms with Gasteiger partial charge in [-0.05, 0) is 12.1 Å². The average Bonchev–Trinajstić information content (AvgIpc) is 2.65. The van der Waals surface area contributed by atoms with Gasteiger partial charge in [0.1, 0.15) is 5.69 Å².